The summed E-state index contributed by atoms with van der Waals surface area (Å²) in [5, 5.41) is 1.75. The number of methoxy groups -OCH3 is 1. The van der Waals surface area contributed by atoms with Crippen molar-refractivity contribution >= 4 is 34.7 Å². The number of nitrogens with one attached hydrogen (secondary N) is 1. The van der Waals surface area contributed by atoms with Crippen molar-refractivity contribution in [2.24, 2.45) is 5.41 Å². The van der Waals surface area contributed by atoms with Gasteiger partial charge in [-0.25, -0.2) is 0 Å². The van der Waals surface area contributed by atoms with Crippen LogP contribution in [0.5, 0.6) is 5.75 Å². The summed E-state index contributed by atoms with van der Waals surface area (Å²) in [6.45, 7) is 3.77. The zero-order chi connectivity index (χ0) is 33.9. The molecule has 0 spiro atoms. The Balaban J connectivity index is 1.26. The van der Waals surface area contributed by atoms with Crippen LogP contribution in [-0.4, -0.2) is 71.3 Å². The summed E-state index contributed by atoms with van der Waals surface area (Å²) in [5.41, 5.74) is 6.49. The van der Waals surface area contributed by atoms with Gasteiger partial charge in [-0.2, -0.15) is 0 Å². The molecule has 8 heteroatoms. The lowest BCUT2D eigenvalue weighted by molar-refractivity contribution is -0.140. The third-order valence-electron chi connectivity index (χ3n) is 12.7. The quantitative estimate of drug-likeness (QED) is 0.242. The Morgan fingerprint density at radius 2 is 1.71 bits per heavy atom. The van der Waals surface area contributed by atoms with Gasteiger partial charge in [0.25, 0.3) is 5.91 Å². The molecule has 0 bridgehead atoms. The topological polar surface area (TPSA) is 66.8 Å². The molecule has 3 heterocycles. The molecule has 3 aliphatic carbocycles. The van der Waals surface area contributed by atoms with Crippen molar-refractivity contribution in [2.45, 2.75) is 126 Å². The van der Waals surface area contributed by atoms with Crippen LogP contribution in [0.25, 0.3) is 22.2 Å². The van der Waals surface area contributed by atoms with Crippen molar-refractivity contribution in [1.29, 1.82) is 0 Å². The highest BCUT2D eigenvalue weighted by Crippen LogP contribution is 2.66. The molecule has 1 aromatic heterocycles. The van der Waals surface area contributed by atoms with Crippen molar-refractivity contribution in [3.63, 3.8) is 0 Å². The van der Waals surface area contributed by atoms with Crippen molar-refractivity contribution in [2.75, 3.05) is 27.7 Å². The summed E-state index contributed by atoms with van der Waals surface area (Å²) in [5.74, 6) is 1.76. The van der Waals surface area contributed by atoms with Crippen LogP contribution in [0.15, 0.2) is 36.4 Å². The van der Waals surface area contributed by atoms with E-state index in [0.29, 0.717) is 29.2 Å². The predicted octanol–water partition coefficient (Wildman–Crippen LogP) is 8.50. The second-order valence-corrected chi connectivity index (χ2v) is 17.3. The molecular weight excluding hydrogens is 629 g/mol. The van der Waals surface area contributed by atoms with Crippen molar-refractivity contribution in [3.05, 3.63) is 53.1 Å². The van der Waals surface area contributed by atoms with Gasteiger partial charge in [-0.05, 0) is 125 Å². The number of aromatic nitrogens is 1. The third kappa shape index (κ3) is 5.88. The highest BCUT2D eigenvalue weighted by molar-refractivity contribution is 7.98. The molecule has 7 nitrogen and oxygen atoms in total. The van der Waals surface area contributed by atoms with Gasteiger partial charge in [0.1, 0.15) is 5.75 Å². The van der Waals surface area contributed by atoms with Gasteiger partial charge >= 0.3 is 0 Å². The van der Waals surface area contributed by atoms with Crippen LogP contribution in [-0.2, 0) is 11.3 Å². The van der Waals surface area contributed by atoms with Crippen LogP contribution >= 0.6 is 11.9 Å². The number of benzene rings is 2. The Labute approximate surface area is 296 Å². The number of hydrogen-bond donors (Lipinski definition) is 1. The fourth-order valence-corrected chi connectivity index (χ4v) is 11.1. The summed E-state index contributed by atoms with van der Waals surface area (Å²) in [6, 6.07) is 13.4. The molecule has 3 aromatic rings. The molecule has 2 aliphatic heterocycles. The van der Waals surface area contributed by atoms with Crippen LogP contribution in [0, 0.1) is 5.41 Å². The normalized spacial score (nSPS) is 27.0. The molecule has 5 aliphatic rings. The van der Waals surface area contributed by atoms with Crippen LogP contribution < -0.4 is 9.46 Å². The van der Waals surface area contributed by atoms with E-state index in [4.69, 9.17) is 4.74 Å². The maximum absolute atomic E-state index is 15.1. The minimum Gasteiger partial charge on any atom is -0.497 e. The number of carbonyl (C=O) groups excluding carboxylic acids is 2. The van der Waals surface area contributed by atoms with E-state index in [9.17, 15) is 4.79 Å². The largest absolute Gasteiger partial charge is 0.497 e. The molecule has 4 fully saturated rings. The molecule has 262 valence electrons. The highest BCUT2D eigenvalue weighted by Gasteiger charge is 2.65. The van der Waals surface area contributed by atoms with Gasteiger partial charge in [0.05, 0.1) is 18.2 Å². The number of amides is 2. The van der Waals surface area contributed by atoms with Crippen LogP contribution in [0.3, 0.4) is 0 Å². The Bertz CT molecular complexity index is 1740. The van der Waals surface area contributed by atoms with E-state index < -0.39 is 5.41 Å². The third-order valence-corrected chi connectivity index (χ3v) is 13.8. The number of ether oxygens (including phenoxy) is 1. The Morgan fingerprint density at radius 1 is 0.959 bits per heavy atom. The maximum Gasteiger partial charge on any atom is 0.261 e. The number of likely N-dealkylation sites (N-methyl/N-ethyl adjacent to an activating group) is 1. The van der Waals surface area contributed by atoms with Crippen LogP contribution in [0.4, 0.5) is 0 Å². The molecular formula is C41H54N4O3S. The van der Waals surface area contributed by atoms with Gasteiger partial charge in [0, 0.05) is 58.4 Å². The SMILES string of the molecule is COc1ccc2c(c1)C1CC1(C(=O)N1C(C)CCC1CN(C)C)Cn1c-2c(C2CCCCC2)c2ccc(C(=O)NSC3CCCCC3)cc21. The summed E-state index contributed by atoms with van der Waals surface area (Å²) >= 11 is 1.62. The summed E-state index contributed by atoms with van der Waals surface area (Å²) in [7, 11) is 5.97. The summed E-state index contributed by atoms with van der Waals surface area (Å²) in [4.78, 5) is 33.3. The first-order valence-corrected chi connectivity index (χ1v) is 19.9. The van der Waals surface area contributed by atoms with Crippen LogP contribution in [0.2, 0.25) is 0 Å². The standard InChI is InChI=1S/C41H54N4O3S/c1-26-15-17-29(24-43(2)3)45(26)40(47)41-23-35(41)34-22-30(48-4)18-20-32(34)38-37(27-11-7-5-8-12-27)33-19-16-28(21-36(33)44(38)25-41)39(46)42-49-31-13-9-6-10-14-31/h16,18-22,26-27,29,31,35H,5-15,17,23-25H2,1-4H3,(H,42,46). The molecule has 8 rings (SSSR count). The first kappa shape index (κ1) is 33.2. The van der Waals surface area contributed by atoms with Gasteiger partial charge in [0.15, 0.2) is 0 Å². The molecule has 2 amide bonds. The zero-order valence-corrected chi connectivity index (χ0v) is 30.7. The second kappa shape index (κ2) is 13.3. The van der Waals surface area contributed by atoms with Crippen LogP contribution in [0.1, 0.15) is 124 Å². The van der Waals surface area contributed by atoms with Gasteiger partial charge in [-0.15, -0.1) is 0 Å². The lowest BCUT2D eigenvalue weighted by Gasteiger charge is -2.34. The molecule has 2 aromatic carbocycles. The minimum absolute atomic E-state index is 0.0153. The van der Waals surface area contributed by atoms with Gasteiger partial charge < -0.3 is 19.1 Å². The molecule has 4 atom stereocenters. The second-order valence-electron chi connectivity index (χ2n) is 16.1. The van der Waals surface area contributed by atoms with Crippen molar-refractivity contribution < 1.29 is 14.3 Å². The van der Waals surface area contributed by atoms with Crippen molar-refractivity contribution in [3.8, 4) is 17.0 Å². The minimum atomic E-state index is -0.513. The van der Waals surface area contributed by atoms with Gasteiger partial charge in [-0.1, -0.05) is 44.6 Å². The maximum atomic E-state index is 15.1. The summed E-state index contributed by atoms with van der Waals surface area (Å²) in [6.07, 6.45) is 15.3. The molecule has 0 radical (unpaired) electrons. The Hall–Kier alpha value is -2.97. The number of rotatable bonds is 8. The first-order chi connectivity index (χ1) is 23.8. The zero-order valence-electron chi connectivity index (χ0n) is 29.9. The van der Waals surface area contributed by atoms with E-state index in [0.717, 1.165) is 37.1 Å². The lowest BCUT2D eigenvalue weighted by Crippen LogP contribution is -2.48. The van der Waals surface area contributed by atoms with E-state index in [-0.39, 0.29) is 23.9 Å². The Kier molecular flexibility index (Phi) is 9.01. The average molecular weight is 683 g/mol. The number of fused-ring (bicyclic) bond motifs is 7. The van der Waals surface area contributed by atoms with Gasteiger partial charge in [0.2, 0.25) is 5.91 Å². The fraction of sp³-hybridized carbons (Fsp3) is 0.610. The monoisotopic (exact) mass is 682 g/mol. The molecule has 49 heavy (non-hydrogen) atoms. The molecule has 1 N–H and O–H groups in total. The van der Waals surface area contributed by atoms with Gasteiger partial charge in [-0.3, -0.25) is 14.3 Å². The van der Waals surface area contributed by atoms with E-state index >= 15 is 4.79 Å². The lowest BCUT2D eigenvalue weighted by atomic mass is 9.81. The van der Waals surface area contributed by atoms with E-state index in [1.54, 1.807) is 19.1 Å². The first-order valence-electron chi connectivity index (χ1n) is 19.1. The number of hydrogen-bond acceptors (Lipinski definition) is 5. The number of nitrogens with zero attached hydrogens (tertiary/aromatic N) is 3. The molecule has 4 unspecified atom stereocenters. The number of carbonyl (C=O) groups is 2. The van der Waals surface area contributed by atoms with Crippen molar-refractivity contribution in [1.82, 2.24) is 19.1 Å². The predicted molar refractivity (Wildman–Crippen MR) is 199 cm³/mol. The highest BCUT2D eigenvalue weighted by atomic mass is 32.2. The fourth-order valence-electron chi connectivity index (χ4n) is 10.1. The summed E-state index contributed by atoms with van der Waals surface area (Å²) < 4.78 is 11.5. The Morgan fingerprint density at radius 3 is 2.45 bits per heavy atom. The smallest absolute Gasteiger partial charge is 0.261 e. The van der Waals surface area contributed by atoms with E-state index in [1.807, 2.05) is 6.07 Å². The van der Waals surface area contributed by atoms with E-state index in [1.165, 1.54) is 92.0 Å². The molecule has 1 saturated heterocycles. The average Bonchev–Trinajstić information content (AvgIpc) is 3.66. The molecule has 3 saturated carbocycles. The number of likely N-dealkylation sites (tertiary alicyclic amines) is 1. The van der Waals surface area contributed by atoms with E-state index in [2.05, 4.69) is 70.4 Å².